The Kier molecular flexibility index (Phi) is 8.92. The number of benzene rings is 1. The first-order valence-electron chi connectivity index (χ1n) is 12.5. The molecule has 13 nitrogen and oxygen atoms in total. The molecule has 3 aromatic heterocycles. The summed E-state index contributed by atoms with van der Waals surface area (Å²) in [4.78, 5) is 7.94. The summed E-state index contributed by atoms with van der Waals surface area (Å²) in [5.74, 6) is -2.07. The minimum absolute atomic E-state index is 0.0788. The van der Waals surface area contributed by atoms with E-state index in [0.717, 1.165) is 10.4 Å². The van der Waals surface area contributed by atoms with Gasteiger partial charge in [-0.3, -0.25) is 0 Å². The number of fused-ring (bicyclic) bond motifs is 1. The van der Waals surface area contributed by atoms with Crippen LogP contribution < -0.4 is 10.1 Å². The van der Waals surface area contributed by atoms with Gasteiger partial charge in [0.1, 0.15) is 29.0 Å². The number of aliphatic hydroxyl groups is 1. The molecule has 1 atom stereocenters. The van der Waals surface area contributed by atoms with E-state index in [-0.39, 0.29) is 49.8 Å². The molecule has 1 unspecified atom stereocenters. The Morgan fingerprint density at radius 1 is 1.23 bits per heavy atom. The lowest BCUT2D eigenvalue weighted by atomic mass is 10.2. The van der Waals surface area contributed by atoms with Gasteiger partial charge in [-0.2, -0.15) is 14.6 Å². The van der Waals surface area contributed by atoms with E-state index >= 15 is 4.39 Å². The number of halogens is 2. The first-order valence-corrected chi connectivity index (χ1v) is 13.9. The SMILES string of the molecule is CCOc1c(-c2cnn(C(C)OCC)c2)ncn2nc(Nc3cc(F)cc(S(=O)(=O)N(C)CCCO)c3F)nc12. The van der Waals surface area contributed by atoms with Crippen LogP contribution in [0.1, 0.15) is 33.4 Å². The third-order valence-corrected chi connectivity index (χ3v) is 7.72. The molecule has 4 aromatic rings. The predicted octanol–water partition coefficient (Wildman–Crippen LogP) is 2.97. The van der Waals surface area contributed by atoms with Gasteiger partial charge in [-0.15, -0.1) is 5.10 Å². The molecule has 0 saturated carbocycles. The summed E-state index contributed by atoms with van der Waals surface area (Å²) in [5, 5.41) is 20.1. The van der Waals surface area contributed by atoms with Gasteiger partial charge < -0.3 is 19.9 Å². The molecule has 16 heteroatoms. The lowest BCUT2D eigenvalue weighted by molar-refractivity contribution is 0.0160. The molecule has 0 aliphatic rings. The van der Waals surface area contributed by atoms with E-state index in [1.165, 1.54) is 17.9 Å². The number of nitrogens with one attached hydrogen (secondary N) is 1. The number of hydrogen-bond acceptors (Lipinski definition) is 10. The van der Waals surface area contributed by atoms with Crippen LogP contribution in [0.15, 0.2) is 35.7 Å². The van der Waals surface area contributed by atoms with Crippen LogP contribution in [0.2, 0.25) is 0 Å². The van der Waals surface area contributed by atoms with Crippen molar-refractivity contribution >= 4 is 27.3 Å². The van der Waals surface area contributed by atoms with Gasteiger partial charge in [0.05, 0.1) is 18.5 Å². The number of nitrogens with zero attached hydrogens (tertiary/aromatic N) is 7. The Balaban J connectivity index is 1.71. The molecule has 3 heterocycles. The minimum atomic E-state index is -4.39. The van der Waals surface area contributed by atoms with Gasteiger partial charge in [0, 0.05) is 44.6 Å². The summed E-state index contributed by atoms with van der Waals surface area (Å²) >= 11 is 0. The number of aliphatic hydroxyl groups excluding tert-OH is 1. The number of anilines is 2. The first-order chi connectivity index (χ1) is 19.1. The lowest BCUT2D eigenvalue weighted by Gasteiger charge is -2.18. The molecule has 216 valence electrons. The highest BCUT2D eigenvalue weighted by atomic mass is 32.2. The lowest BCUT2D eigenvalue weighted by Crippen LogP contribution is -2.29. The number of rotatable bonds is 13. The third kappa shape index (κ3) is 5.89. The van der Waals surface area contributed by atoms with Crippen molar-refractivity contribution in [1.29, 1.82) is 0 Å². The maximum absolute atomic E-state index is 15.4. The second-order valence-corrected chi connectivity index (χ2v) is 10.6. The molecule has 1 aromatic carbocycles. The average Bonchev–Trinajstić information content (AvgIpc) is 3.57. The number of hydrogen-bond donors (Lipinski definition) is 2. The van der Waals surface area contributed by atoms with Crippen LogP contribution in [-0.2, 0) is 14.8 Å². The summed E-state index contributed by atoms with van der Waals surface area (Å²) in [6.07, 6.45) is 4.56. The fourth-order valence-electron chi connectivity index (χ4n) is 3.89. The molecule has 0 spiro atoms. The topological polar surface area (TPSA) is 149 Å². The van der Waals surface area contributed by atoms with Gasteiger partial charge >= 0.3 is 0 Å². The maximum atomic E-state index is 15.4. The number of ether oxygens (including phenoxy) is 2. The smallest absolute Gasteiger partial charge is 0.247 e. The molecule has 0 amide bonds. The molecule has 40 heavy (non-hydrogen) atoms. The standard InChI is InChI=1S/C24H30F2N8O5S/c1-5-38-15(3)33-13-16(12-28-33)21-22(39-6-2)23-30-24(31-34(23)14-27-21)29-18-10-17(25)11-19(20(18)26)40(36,37)32(4)8-7-9-35/h10-15,35H,5-9H2,1-4H3,(H,29,31). The Hall–Kier alpha value is -3.73. The molecular formula is C24H30F2N8O5S. The summed E-state index contributed by atoms with van der Waals surface area (Å²) < 4.78 is 70.7. The van der Waals surface area contributed by atoms with E-state index in [4.69, 9.17) is 14.6 Å². The van der Waals surface area contributed by atoms with E-state index in [0.29, 0.717) is 23.9 Å². The van der Waals surface area contributed by atoms with E-state index in [1.54, 1.807) is 24.0 Å². The van der Waals surface area contributed by atoms with Crippen molar-refractivity contribution < 1.29 is 31.8 Å². The fourth-order valence-corrected chi connectivity index (χ4v) is 5.20. The Bertz CT molecular complexity index is 1590. The van der Waals surface area contributed by atoms with Crippen LogP contribution in [0.3, 0.4) is 0 Å². The third-order valence-electron chi connectivity index (χ3n) is 5.86. The van der Waals surface area contributed by atoms with Crippen LogP contribution in [0.5, 0.6) is 5.75 Å². The fraction of sp³-hybridized carbons (Fsp3) is 0.417. The van der Waals surface area contributed by atoms with E-state index in [9.17, 15) is 12.8 Å². The van der Waals surface area contributed by atoms with E-state index in [1.807, 2.05) is 13.8 Å². The quantitative estimate of drug-likeness (QED) is 0.242. The largest absolute Gasteiger partial charge is 0.488 e. The highest BCUT2D eigenvalue weighted by molar-refractivity contribution is 7.89. The average molecular weight is 581 g/mol. The second-order valence-electron chi connectivity index (χ2n) is 8.62. The molecule has 0 aliphatic heterocycles. The summed E-state index contributed by atoms with van der Waals surface area (Å²) in [7, 11) is -3.17. The summed E-state index contributed by atoms with van der Waals surface area (Å²) in [6.45, 7) is 5.97. The monoisotopic (exact) mass is 580 g/mol. The van der Waals surface area contributed by atoms with Crippen LogP contribution in [-0.4, -0.2) is 80.6 Å². The van der Waals surface area contributed by atoms with Crippen LogP contribution >= 0.6 is 0 Å². The molecule has 0 saturated heterocycles. The van der Waals surface area contributed by atoms with E-state index in [2.05, 4.69) is 25.5 Å². The first kappa shape index (κ1) is 29.3. The molecule has 4 rings (SSSR count). The van der Waals surface area contributed by atoms with Crippen molar-refractivity contribution in [1.82, 2.24) is 33.7 Å². The Morgan fingerprint density at radius 2 is 2.00 bits per heavy atom. The van der Waals surface area contributed by atoms with Crippen molar-refractivity contribution in [3.05, 3.63) is 42.5 Å². The zero-order valence-corrected chi connectivity index (χ0v) is 23.2. The molecule has 0 aliphatic carbocycles. The molecular weight excluding hydrogens is 550 g/mol. The van der Waals surface area contributed by atoms with Crippen molar-refractivity contribution in [2.45, 2.75) is 38.3 Å². The van der Waals surface area contributed by atoms with Gasteiger partial charge in [-0.1, -0.05) is 0 Å². The van der Waals surface area contributed by atoms with Crippen LogP contribution in [0.4, 0.5) is 20.4 Å². The van der Waals surface area contributed by atoms with Crippen LogP contribution in [0, 0.1) is 11.6 Å². The molecule has 0 fully saturated rings. The van der Waals surface area contributed by atoms with Crippen LogP contribution in [0.25, 0.3) is 16.9 Å². The normalized spacial score (nSPS) is 12.8. The zero-order chi connectivity index (χ0) is 29.0. The second kappa shape index (κ2) is 12.2. The van der Waals surface area contributed by atoms with E-state index < -0.39 is 32.2 Å². The van der Waals surface area contributed by atoms with Crippen molar-refractivity contribution in [2.75, 3.05) is 38.7 Å². The minimum Gasteiger partial charge on any atom is -0.488 e. The van der Waals surface area contributed by atoms with Gasteiger partial charge in [0.25, 0.3) is 0 Å². The highest BCUT2D eigenvalue weighted by Crippen LogP contribution is 2.33. The van der Waals surface area contributed by atoms with Gasteiger partial charge in [0.2, 0.25) is 21.6 Å². The molecule has 0 radical (unpaired) electrons. The zero-order valence-electron chi connectivity index (χ0n) is 22.4. The van der Waals surface area contributed by atoms with Gasteiger partial charge in [-0.25, -0.2) is 31.2 Å². The summed E-state index contributed by atoms with van der Waals surface area (Å²) in [5.41, 5.74) is 0.807. The van der Waals surface area contributed by atoms with Crippen molar-refractivity contribution in [3.63, 3.8) is 0 Å². The van der Waals surface area contributed by atoms with Crippen molar-refractivity contribution in [3.8, 4) is 17.0 Å². The maximum Gasteiger partial charge on any atom is 0.247 e. The Morgan fingerprint density at radius 3 is 2.70 bits per heavy atom. The Labute approximate surface area is 229 Å². The van der Waals surface area contributed by atoms with Gasteiger partial charge in [-0.05, 0) is 33.3 Å². The highest BCUT2D eigenvalue weighted by Gasteiger charge is 2.28. The van der Waals surface area contributed by atoms with Crippen molar-refractivity contribution in [2.24, 2.45) is 0 Å². The number of sulfonamides is 1. The van der Waals surface area contributed by atoms with Gasteiger partial charge in [0.15, 0.2) is 11.6 Å². The predicted molar refractivity (Wildman–Crippen MR) is 141 cm³/mol. The number of aromatic nitrogens is 6. The summed E-state index contributed by atoms with van der Waals surface area (Å²) in [6, 6.07) is 1.40. The molecule has 0 bridgehead atoms. The molecule has 2 N–H and O–H groups in total.